The number of nitrogens with two attached hydrogens (primary N) is 1. The van der Waals surface area contributed by atoms with Crippen molar-refractivity contribution in [1.29, 1.82) is 0 Å². The van der Waals surface area contributed by atoms with Crippen molar-refractivity contribution in [1.82, 2.24) is 4.90 Å². The van der Waals surface area contributed by atoms with E-state index in [1.54, 1.807) is 0 Å². The molecule has 0 saturated heterocycles. The first-order valence-electron chi connectivity index (χ1n) is 7.50. The van der Waals surface area contributed by atoms with E-state index in [1.165, 1.54) is 5.56 Å². The first-order valence-corrected chi connectivity index (χ1v) is 7.50. The Hall–Kier alpha value is -1.84. The monoisotopic (exact) mass is 284 g/mol. The topological polar surface area (TPSA) is 38.5 Å². The SMILES string of the molecule is CCN(CCOc1ccc(CN)cc1)Cc1ccccc1. The van der Waals surface area contributed by atoms with Gasteiger partial charge in [-0.25, -0.2) is 0 Å². The largest absolute Gasteiger partial charge is 0.492 e. The summed E-state index contributed by atoms with van der Waals surface area (Å²) in [5.74, 6) is 0.906. The molecule has 0 saturated carbocycles. The predicted molar refractivity (Wildman–Crippen MR) is 87.2 cm³/mol. The Labute approximate surface area is 127 Å². The van der Waals surface area contributed by atoms with Crippen molar-refractivity contribution < 1.29 is 4.74 Å². The number of likely N-dealkylation sites (N-methyl/N-ethyl adjacent to an activating group) is 1. The quantitative estimate of drug-likeness (QED) is 0.809. The molecule has 0 spiro atoms. The summed E-state index contributed by atoms with van der Waals surface area (Å²) in [6.45, 7) is 6.35. The molecule has 0 aliphatic carbocycles. The van der Waals surface area contributed by atoms with Crippen molar-refractivity contribution >= 4 is 0 Å². The van der Waals surface area contributed by atoms with Crippen LogP contribution in [0.25, 0.3) is 0 Å². The molecule has 0 heterocycles. The van der Waals surface area contributed by atoms with E-state index >= 15 is 0 Å². The first-order chi connectivity index (χ1) is 10.3. The maximum atomic E-state index is 5.79. The molecule has 2 rings (SSSR count). The molecule has 112 valence electrons. The normalized spacial score (nSPS) is 10.8. The second-order valence-electron chi connectivity index (χ2n) is 5.05. The van der Waals surface area contributed by atoms with Crippen molar-refractivity contribution in [2.75, 3.05) is 19.7 Å². The molecule has 0 unspecified atom stereocenters. The fourth-order valence-electron chi connectivity index (χ4n) is 2.20. The van der Waals surface area contributed by atoms with Gasteiger partial charge in [-0.2, -0.15) is 0 Å². The number of nitrogens with zero attached hydrogens (tertiary/aromatic N) is 1. The van der Waals surface area contributed by atoms with E-state index in [-0.39, 0.29) is 0 Å². The molecule has 0 aromatic heterocycles. The van der Waals surface area contributed by atoms with Crippen LogP contribution in [-0.4, -0.2) is 24.6 Å². The molecule has 0 amide bonds. The number of hydrogen-bond donors (Lipinski definition) is 1. The van der Waals surface area contributed by atoms with E-state index in [1.807, 2.05) is 30.3 Å². The molecule has 3 heteroatoms. The Balaban J connectivity index is 1.77. The van der Waals surface area contributed by atoms with Gasteiger partial charge in [-0.3, -0.25) is 4.90 Å². The summed E-state index contributed by atoms with van der Waals surface area (Å²) in [5, 5.41) is 0. The van der Waals surface area contributed by atoms with Crippen LogP contribution >= 0.6 is 0 Å². The van der Waals surface area contributed by atoms with E-state index in [4.69, 9.17) is 10.5 Å². The summed E-state index contributed by atoms with van der Waals surface area (Å²) in [6.07, 6.45) is 0. The standard InChI is InChI=1S/C18H24N2O/c1-2-20(15-17-6-4-3-5-7-17)12-13-21-18-10-8-16(14-19)9-11-18/h3-11H,2,12-15,19H2,1H3. The van der Waals surface area contributed by atoms with E-state index < -0.39 is 0 Å². The van der Waals surface area contributed by atoms with E-state index in [9.17, 15) is 0 Å². The highest BCUT2D eigenvalue weighted by molar-refractivity contribution is 5.27. The van der Waals surface area contributed by atoms with Crippen molar-refractivity contribution in [3.8, 4) is 5.75 Å². The summed E-state index contributed by atoms with van der Waals surface area (Å²) in [5.41, 5.74) is 8.05. The summed E-state index contributed by atoms with van der Waals surface area (Å²) >= 11 is 0. The van der Waals surface area contributed by atoms with Gasteiger partial charge in [-0.05, 0) is 29.8 Å². The maximum absolute atomic E-state index is 5.79. The van der Waals surface area contributed by atoms with Gasteiger partial charge < -0.3 is 10.5 Å². The van der Waals surface area contributed by atoms with Gasteiger partial charge in [0.1, 0.15) is 12.4 Å². The number of benzene rings is 2. The first kappa shape index (κ1) is 15.5. The van der Waals surface area contributed by atoms with Gasteiger partial charge in [0.15, 0.2) is 0 Å². The van der Waals surface area contributed by atoms with E-state index in [0.717, 1.165) is 30.9 Å². The Morgan fingerprint density at radius 2 is 1.67 bits per heavy atom. The van der Waals surface area contributed by atoms with Crippen molar-refractivity contribution in [3.05, 3.63) is 65.7 Å². The van der Waals surface area contributed by atoms with Gasteiger partial charge in [-0.15, -0.1) is 0 Å². The molecule has 2 aromatic rings. The minimum Gasteiger partial charge on any atom is -0.492 e. The third-order valence-corrected chi connectivity index (χ3v) is 3.53. The third kappa shape index (κ3) is 5.21. The zero-order valence-electron chi connectivity index (χ0n) is 12.7. The van der Waals surface area contributed by atoms with Gasteiger partial charge in [0.2, 0.25) is 0 Å². The van der Waals surface area contributed by atoms with Gasteiger partial charge in [0, 0.05) is 19.6 Å². The number of rotatable bonds is 8. The lowest BCUT2D eigenvalue weighted by molar-refractivity contribution is 0.210. The van der Waals surface area contributed by atoms with Crippen LogP contribution in [0.3, 0.4) is 0 Å². The van der Waals surface area contributed by atoms with E-state index in [0.29, 0.717) is 13.2 Å². The molecule has 0 fully saturated rings. The summed E-state index contributed by atoms with van der Waals surface area (Å²) in [7, 11) is 0. The molecule has 2 aromatic carbocycles. The van der Waals surface area contributed by atoms with Crippen molar-refractivity contribution in [2.45, 2.75) is 20.0 Å². The molecule has 21 heavy (non-hydrogen) atoms. The van der Waals surface area contributed by atoms with Gasteiger partial charge in [0.05, 0.1) is 0 Å². The molecule has 0 radical (unpaired) electrons. The molecule has 3 nitrogen and oxygen atoms in total. The number of hydrogen-bond acceptors (Lipinski definition) is 3. The predicted octanol–water partition coefficient (Wildman–Crippen LogP) is 3.05. The zero-order valence-corrected chi connectivity index (χ0v) is 12.7. The fourth-order valence-corrected chi connectivity index (χ4v) is 2.20. The zero-order chi connectivity index (χ0) is 14.9. The highest BCUT2D eigenvalue weighted by Crippen LogP contribution is 2.12. The van der Waals surface area contributed by atoms with Crippen LogP contribution in [0, 0.1) is 0 Å². The Morgan fingerprint density at radius 1 is 0.952 bits per heavy atom. The average molecular weight is 284 g/mol. The Morgan fingerprint density at radius 3 is 2.29 bits per heavy atom. The fraction of sp³-hybridized carbons (Fsp3) is 0.333. The van der Waals surface area contributed by atoms with Gasteiger partial charge >= 0.3 is 0 Å². The Kier molecular flexibility index (Phi) is 6.25. The van der Waals surface area contributed by atoms with Crippen molar-refractivity contribution in [3.63, 3.8) is 0 Å². The van der Waals surface area contributed by atoms with Crippen LogP contribution in [0.1, 0.15) is 18.1 Å². The average Bonchev–Trinajstić information content (AvgIpc) is 2.55. The minimum atomic E-state index is 0.570. The third-order valence-electron chi connectivity index (χ3n) is 3.53. The molecule has 0 bridgehead atoms. The Bertz CT molecular complexity index is 511. The summed E-state index contributed by atoms with van der Waals surface area (Å²) in [6, 6.07) is 18.5. The highest BCUT2D eigenvalue weighted by Gasteiger charge is 2.04. The van der Waals surface area contributed by atoms with Crippen LogP contribution in [0.5, 0.6) is 5.75 Å². The second-order valence-corrected chi connectivity index (χ2v) is 5.05. The van der Waals surface area contributed by atoms with Crippen molar-refractivity contribution in [2.24, 2.45) is 5.73 Å². The maximum Gasteiger partial charge on any atom is 0.119 e. The lowest BCUT2D eigenvalue weighted by atomic mass is 10.2. The summed E-state index contributed by atoms with van der Waals surface area (Å²) in [4.78, 5) is 2.38. The molecular formula is C18H24N2O. The molecule has 0 aliphatic rings. The van der Waals surface area contributed by atoms with Crippen LogP contribution < -0.4 is 10.5 Å². The molecule has 0 atom stereocenters. The smallest absolute Gasteiger partial charge is 0.119 e. The highest BCUT2D eigenvalue weighted by atomic mass is 16.5. The second kappa shape index (κ2) is 8.45. The van der Waals surface area contributed by atoms with E-state index in [2.05, 4.69) is 36.1 Å². The lowest BCUT2D eigenvalue weighted by Gasteiger charge is -2.20. The van der Waals surface area contributed by atoms with Crippen LogP contribution in [0.4, 0.5) is 0 Å². The van der Waals surface area contributed by atoms with Gasteiger partial charge in [0.25, 0.3) is 0 Å². The summed E-state index contributed by atoms with van der Waals surface area (Å²) < 4.78 is 5.79. The van der Waals surface area contributed by atoms with Gasteiger partial charge in [-0.1, -0.05) is 49.4 Å². The molecule has 0 aliphatic heterocycles. The molecular weight excluding hydrogens is 260 g/mol. The van der Waals surface area contributed by atoms with Crippen LogP contribution in [0.2, 0.25) is 0 Å². The number of ether oxygens (including phenoxy) is 1. The molecule has 2 N–H and O–H groups in total. The minimum absolute atomic E-state index is 0.570. The van der Waals surface area contributed by atoms with Crippen LogP contribution in [-0.2, 0) is 13.1 Å². The van der Waals surface area contributed by atoms with Crippen LogP contribution in [0.15, 0.2) is 54.6 Å². The lowest BCUT2D eigenvalue weighted by Crippen LogP contribution is -2.27.